The van der Waals surface area contributed by atoms with Gasteiger partial charge in [-0.2, -0.15) is 13.2 Å². The molecule has 5 heteroatoms. The zero-order valence-electron chi connectivity index (χ0n) is 10.8. The van der Waals surface area contributed by atoms with E-state index in [0.717, 1.165) is 37.1 Å². The van der Waals surface area contributed by atoms with Crippen LogP contribution in [0.2, 0.25) is 0 Å². The Hall–Kier alpha value is -1.07. The molecular formula is C14H18F3NO. The molecule has 0 aliphatic carbocycles. The van der Waals surface area contributed by atoms with E-state index in [9.17, 15) is 13.2 Å². The quantitative estimate of drug-likeness (QED) is 0.908. The minimum absolute atomic E-state index is 0.226. The van der Waals surface area contributed by atoms with E-state index in [-0.39, 0.29) is 6.10 Å². The largest absolute Gasteiger partial charge is 0.416 e. The van der Waals surface area contributed by atoms with Crippen LogP contribution in [0.15, 0.2) is 24.3 Å². The standard InChI is InChI=1S/C14H18F3NO/c1-10-2-7-13(19-10)9-18-8-11-3-5-12(6-4-11)14(15,16)17/h3-6,10,13,18H,2,7-9H2,1H3. The lowest BCUT2D eigenvalue weighted by molar-refractivity contribution is -0.137. The van der Waals surface area contributed by atoms with E-state index in [1.54, 1.807) is 0 Å². The third-order valence-corrected chi connectivity index (χ3v) is 3.30. The van der Waals surface area contributed by atoms with Gasteiger partial charge in [0.1, 0.15) is 0 Å². The van der Waals surface area contributed by atoms with Crippen molar-refractivity contribution in [2.45, 2.75) is 44.7 Å². The van der Waals surface area contributed by atoms with Crippen molar-refractivity contribution in [3.05, 3.63) is 35.4 Å². The van der Waals surface area contributed by atoms with Crippen LogP contribution in [0.25, 0.3) is 0 Å². The van der Waals surface area contributed by atoms with Crippen LogP contribution in [0.5, 0.6) is 0 Å². The Bertz CT molecular complexity index is 402. The van der Waals surface area contributed by atoms with Crippen LogP contribution < -0.4 is 5.32 Å². The number of halogens is 3. The second-order valence-electron chi connectivity index (χ2n) is 4.97. The van der Waals surface area contributed by atoms with Crippen molar-refractivity contribution in [2.24, 2.45) is 0 Å². The second kappa shape index (κ2) is 5.92. The molecule has 2 unspecified atom stereocenters. The lowest BCUT2D eigenvalue weighted by atomic mass is 10.1. The predicted octanol–water partition coefficient (Wildman–Crippen LogP) is 3.36. The number of rotatable bonds is 4. The zero-order valence-corrected chi connectivity index (χ0v) is 10.8. The molecule has 0 spiro atoms. The molecule has 1 aliphatic rings. The maximum atomic E-state index is 12.4. The van der Waals surface area contributed by atoms with Crippen molar-refractivity contribution in [1.29, 1.82) is 0 Å². The zero-order chi connectivity index (χ0) is 13.9. The molecule has 0 amide bonds. The number of hydrogen-bond donors (Lipinski definition) is 1. The van der Waals surface area contributed by atoms with Gasteiger partial charge in [0, 0.05) is 13.1 Å². The summed E-state index contributed by atoms with van der Waals surface area (Å²) in [5.41, 5.74) is 0.239. The Morgan fingerprint density at radius 2 is 1.89 bits per heavy atom. The van der Waals surface area contributed by atoms with Gasteiger partial charge in [-0.05, 0) is 37.5 Å². The molecular weight excluding hydrogens is 255 g/mol. The Balaban J connectivity index is 1.77. The van der Waals surface area contributed by atoms with Crippen LogP contribution in [-0.2, 0) is 17.5 Å². The molecule has 19 heavy (non-hydrogen) atoms. The van der Waals surface area contributed by atoms with Crippen LogP contribution in [0.4, 0.5) is 13.2 Å². The second-order valence-corrected chi connectivity index (χ2v) is 4.97. The molecule has 1 N–H and O–H groups in total. The van der Waals surface area contributed by atoms with E-state index in [2.05, 4.69) is 12.2 Å². The molecule has 106 valence electrons. The average molecular weight is 273 g/mol. The van der Waals surface area contributed by atoms with Gasteiger partial charge in [0.2, 0.25) is 0 Å². The molecule has 1 aromatic rings. The van der Waals surface area contributed by atoms with E-state index in [4.69, 9.17) is 4.74 Å². The highest BCUT2D eigenvalue weighted by Gasteiger charge is 2.29. The maximum Gasteiger partial charge on any atom is 0.416 e. The molecule has 0 saturated carbocycles. The number of ether oxygens (including phenoxy) is 1. The summed E-state index contributed by atoms with van der Waals surface area (Å²) in [6.45, 7) is 3.35. The Labute approximate surface area is 111 Å². The molecule has 1 aromatic carbocycles. The third kappa shape index (κ3) is 4.21. The van der Waals surface area contributed by atoms with Crippen LogP contribution in [0.3, 0.4) is 0 Å². The van der Waals surface area contributed by atoms with Gasteiger partial charge < -0.3 is 10.1 Å². The topological polar surface area (TPSA) is 21.3 Å². The first-order valence-corrected chi connectivity index (χ1v) is 6.47. The minimum Gasteiger partial charge on any atom is -0.374 e. The highest BCUT2D eigenvalue weighted by molar-refractivity contribution is 5.24. The number of alkyl halides is 3. The van der Waals surface area contributed by atoms with Crippen molar-refractivity contribution < 1.29 is 17.9 Å². The smallest absolute Gasteiger partial charge is 0.374 e. The highest BCUT2D eigenvalue weighted by atomic mass is 19.4. The van der Waals surface area contributed by atoms with E-state index in [0.29, 0.717) is 12.6 Å². The van der Waals surface area contributed by atoms with Crippen molar-refractivity contribution >= 4 is 0 Å². The molecule has 2 nitrogen and oxygen atoms in total. The first-order valence-electron chi connectivity index (χ1n) is 6.47. The summed E-state index contributed by atoms with van der Waals surface area (Å²) < 4.78 is 42.8. The van der Waals surface area contributed by atoms with Gasteiger partial charge in [0.25, 0.3) is 0 Å². The van der Waals surface area contributed by atoms with Gasteiger partial charge >= 0.3 is 6.18 Å². The van der Waals surface area contributed by atoms with Gasteiger partial charge in [-0.15, -0.1) is 0 Å². The van der Waals surface area contributed by atoms with E-state index >= 15 is 0 Å². The van der Waals surface area contributed by atoms with Crippen LogP contribution in [0.1, 0.15) is 30.9 Å². The summed E-state index contributed by atoms with van der Waals surface area (Å²) in [6, 6.07) is 5.25. The van der Waals surface area contributed by atoms with Gasteiger partial charge in [0.05, 0.1) is 17.8 Å². The Kier molecular flexibility index (Phi) is 4.47. The fraction of sp³-hybridized carbons (Fsp3) is 0.571. The monoisotopic (exact) mass is 273 g/mol. The lowest BCUT2D eigenvalue weighted by Gasteiger charge is -2.12. The normalized spacial score (nSPS) is 23.8. The van der Waals surface area contributed by atoms with Gasteiger partial charge in [0.15, 0.2) is 0 Å². The first kappa shape index (κ1) is 14.3. The van der Waals surface area contributed by atoms with Gasteiger partial charge in [-0.25, -0.2) is 0 Å². The molecule has 2 rings (SSSR count). The van der Waals surface area contributed by atoms with E-state index in [1.807, 2.05) is 0 Å². The van der Waals surface area contributed by atoms with Crippen molar-refractivity contribution in [1.82, 2.24) is 5.32 Å². The summed E-state index contributed by atoms with van der Waals surface area (Å²) in [5, 5.41) is 3.22. The average Bonchev–Trinajstić information content (AvgIpc) is 2.75. The van der Waals surface area contributed by atoms with Crippen molar-refractivity contribution in [2.75, 3.05) is 6.54 Å². The maximum absolute atomic E-state index is 12.4. The van der Waals surface area contributed by atoms with E-state index < -0.39 is 11.7 Å². The Morgan fingerprint density at radius 3 is 2.42 bits per heavy atom. The summed E-state index contributed by atoms with van der Waals surface area (Å²) in [6.07, 6.45) is -1.60. The molecule has 1 aliphatic heterocycles. The van der Waals surface area contributed by atoms with Crippen LogP contribution in [-0.4, -0.2) is 18.8 Å². The molecule has 1 heterocycles. The van der Waals surface area contributed by atoms with Crippen molar-refractivity contribution in [3.63, 3.8) is 0 Å². The summed E-state index contributed by atoms with van der Waals surface area (Å²) in [4.78, 5) is 0. The first-order chi connectivity index (χ1) is 8.95. The molecule has 1 fully saturated rings. The molecule has 2 atom stereocenters. The van der Waals surface area contributed by atoms with Gasteiger partial charge in [-0.3, -0.25) is 0 Å². The molecule has 0 bridgehead atoms. The fourth-order valence-electron chi connectivity index (χ4n) is 2.22. The Morgan fingerprint density at radius 1 is 1.21 bits per heavy atom. The highest BCUT2D eigenvalue weighted by Crippen LogP contribution is 2.29. The fourth-order valence-corrected chi connectivity index (χ4v) is 2.22. The summed E-state index contributed by atoms with van der Waals surface area (Å²) in [7, 11) is 0. The van der Waals surface area contributed by atoms with E-state index in [1.165, 1.54) is 12.1 Å². The number of benzene rings is 1. The van der Waals surface area contributed by atoms with Gasteiger partial charge in [-0.1, -0.05) is 12.1 Å². The molecule has 0 radical (unpaired) electrons. The third-order valence-electron chi connectivity index (χ3n) is 3.30. The lowest BCUT2D eigenvalue weighted by Crippen LogP contribution is -2.26. The summed E-state index contributed by atoms with van der Waals surface area (Å²) >= 11 is 0. The van der Waals surface area contributed by atoms with Crippen LogP contribution in [0, 0.1) is 0 Å². The number of nitrogens with one attached hydrogen (secondary N) is 1. The minimum atomic E-state index is -4.26. The van der Waals surface area contributed by atoms with Crippen molar-refractivity contribution in [3.8, 4) is 0 Å². The summed E-state index contributed by atoms with van der Waals surface area (Å²) in [5.74, 6) is 0. The van der Waals surface area contributed by atoms with Crippen LogP contribution >= 0.6 is 0 Å². The molecule has 1 saturated heterocycles. The predicted molar refractivity (Wildman–Crippen MR) is 66.7 cm³/mol. The molecule has 0 aromatic heterocycles. The number of hydrogen-bond acceptors (Lipinski definition) is 2. The SMILES string of the molecule is CC1CCC(CNCc2ccc(C(F)(F)F)cc2)O1.